The molecule has 1 amide bonds. The van der Waals surface area contributed by atoms with E-state index in [4.69, 9.17) is 0 Å². The minimum Gasteiger partial charge on any atom is -0.334 e. The highest BCUT2D eigenvalue weighted by molar-refractivity contribution is 7.89. The van der Waals surface area contributed by atoms with E-state index in [-0.39, 0.29) is 11.9 Å². The molecule has 2 atom stereocenters. The Bertz CT molecular complexity index is 890. The summed E-state index contributed by atoms with van der Waals surface area (Å²) in [6, 6.07) is 7.68. The predicted molar refractivity (Wildman–Crippen MR) is 94.1 cm³/mol. The van der Waals surface area contributed by atoms with Crippen molar-refractivity contribution >= 4 is 15.9 Å². The van der Waals surface area contributed by atoms with E-state index >= 15 is 0 Å². The highest BCUT2D eigenvalue weighted by atomic mass is 32.2. The lowest BCUT2D eigenvalue weighted by Crippen LogP contribution is -2.46. The number of sulfonamides is 1. The molecule has 2 heterocycles. The Hall–Kier alpha value is -2.32. The summed E-state index contributed by atoms with van der Waals surface area (Å²) in [7, 11) is -4.13. The smallest absolute Gasteiger partial charge is 0.244 e. The van der Waals surface area contributed by atoms with Gasteiger partial charge in [-0.25, -0.2) is 12.8 Å². The second kappa shape index (κ2) is 7.51. The summed E-state index contributed by atoms with van der Waals surface area (Å²) >= 11 is 0. The van der Waals surface area contributed by atoms with Gasteiger partial charge in [-0.05, 0) is 49.6 Å². The first kappa shape index (κ1) is 18.5. The normalized spacial score (nSPS) is 18.7. The lowest BCUT2D eigenvalue weighted by atomic mass is 10.1. The third kappa shape index (κ3) is 3.76. The van der Waals surface area contributed by atoms with Crippen LogP contribution in [0.5, 0.6) is 0 Å². The van der Waals surface area contributed by atoms with Crippen molar-refractivity contribution in [3.63, 3.8) is 0 Å². The maximum atomic E-state index is 13.8. The van der Waals surface area contributed by atoms with E-state index in [1.807, 2.05) is 12.1 Å². The molecule has 0 spiro atoms. The Kier molecular flexibility index (Phi) is 5.33. The van der Waals surface area contributed by atoms with Gasteiger partial charge in [0.05, 0.1) is 12.1 Å². The van der Waals surface area contributed by atoms with Crippen molar-refractivity contribution in [1.29, 1.82) is 0 Å². The second-order valence-electron chi connectivity index (χ2n) is 6.24. The monoisotopic (exact) mass is 377 g/mol. The minimum atomic E-state index is -4.13. The zero-order valence-electron chi connectivity index (χ0n) is 14.3. The number of likely N-dealkylation sites (tertiary alicyclic amines) is 1. The fourth-order valence-electron chi connectivity index (χ4n) is 3.22. The molecule has 138 valence electrons. The SMILES string of the molecule is C[C@H](NS(=O)(=O)c1ccccc1F)C(=O)N1CCCC1c1ccncc1. The van der Waals surface area contributed by atoms with Gasteiger partial charge >= 0.3 is 0 Å². The summed E-state index contributed by atoms with van der Waals surface area (Å²) in [5, 5.41) is 0. The van der Waals surface area contributed by atoms with Crippen LogP contribution in [0.15, 0.2) is 53.7 Å². The molecule has 1 aliphatic rings. The van der Waals surface area contributed by atoms with Crippen molar-refractivity contribution in [3.8, 4) is 0 Å². The van der Waals surface area contributed by atoms with Gasteiger partial charge in [-0.15, -0.1) is 0 Å². The maximum Gasteiger partial charge on any atom is 0.244 e. The van der Waals surface area contributed by atoms with Gasteiger partial charge in [0.25, 0.3) is 0 Å². The fraction of sp³-hybridized carbons (Fsp3) is 0.333. The number of hydrogen-bond acceptors (Lipinski definition) is 4. The van der Waals surface area contributed by atoms with Crippen molar-refractivity contribution < 1.29 is 17.6 Å². The van der Waals surface area contributed by atoms with Crippen LogP contribution in [0.25, 0.3) is 0 Å². The first-order valence-electron chi connectivity index (χ1n) is 8.37. The number of hydrogen-bond donors (Lipinski definition) is 1. The van der Waals surface area contributed by atoms with Gasteiger partial charge in [0.15, 0.2) is 0 Å². The lowest BCUT2D eigenvalue weighted by molar-refractivity contribution is -0.133. The van der Waals surface area contributed by atoms with Crippen LogP contribution in [-0.4, -0.2) is 36.8 Å². The van der Waals surface area contributed by atoms with Crippen molar-refractivity contribution in [3.05, 3.63) is 60.2 Å². The van der Waals surface area contributed by atoms with E-state index in [0.29, 0.717) is 6.54 Å². The van der Waals surface area contributed by atoms with Gasteiger partial charge in [-0.3, -0.25) is 9.78 Å². The Balaban J connectivity index is 1.76. The highest BCUT2D eigenvalue weighted by Crippen LogP contribution is 2.32. The number of nitrogens with one attached hydrogen (secondary N) is 1. The molecule has 1 unspecified atom stereocenters. The van der Waals surface area contributed by atoms with Gasteiger partial charge in [-0.1, -0.05) is 12.1 Å². The number of halogens is 1. The molecular formula is C18H20FN3O3S. The minimum absolute atomic E-state index is 0.106. The van der Waals surface area contributed by atoms with Crippen molar-refractivity contribution in [2.45, 2.75) is 36.7 Å². The van der Waals surface area contributed by atoms with Crippen molar-refractivity contribution in [2.75, 3.05) is 6.54 Å². The molecule has 1 aliphatic heterocycles. The molecule has 2 aromatic rings. The molecule has 0 saturated carbocycles. The highest BCUT2D eigenvalue weighted by Gasteiger charge is 2.34. The second-order valence-corrected chi connectivity index (χ2v) is 7.93. The molecule has 0 aliphatic carbocycles. The average molecular weight is 377 g/mol. The van der Waals surface area contributed by atoms with Crippen molar-refractivity contribution in [2.24, 2.45) is 0 Å². The summed E-state index contributed by atoms with van der Waals surface area (Å²) in [6.45, 7) is 2.03. The molecule has 1 fully saturated rings. The summed E-state index contributed by atoms with van der Waals surface area (Å²) in [6.07, 6.45) is 4.98. The molecule has 1 aromatic carbocycles. The van der Waals surface area contributed by atoms with Crippen LogP contribution in [-0.2, 0) is 14.8 Å². The van der Waals surface area contributed by atoms with Crippen LogP contribution >= 0.6 is 0 Å². The quantitative estimate of drug-likeness (QED) is 0.867. The maximum absolute atomic E-state index is 13.8. The summed E-state index contributed by atoms with van der Waals surface area (Å²) < 4.78 is 40.9. The standard InChI is InChI=1S/C18H20FN3O3S/c1-13(21-26(24,25)17-7-3-2-5-15(17)19)18(23)22-12-4-6-16(22)14-8-10-20-11-9-14/h2-3,5,7-11,13,16,21H,4,6,12H2,1H3/t13-,16?/m0/s1. The average Bonchev–Trinajstić information content (AvgIpc) is 3.11. The molecule has 6 nitrogen and oxygen atoms in total. The Morgan fingerprint density at radius 2 is 1.96 bits per heavy atom. The number of carbonyl (C=O) groups is 1. The van der Waals surface area contributed by atoms with E-state index in [1.54, 1.807) is 17.3 Å². The third-order valence-corrected chi connectivity index (χ3v) is 6.03. The predicted octanol–water partition coefficient (Wildman–Crippen LogP) is 2.25. The van der Waals surface area contributed by atoms with Gasteiger partial charge < -0.3 is 4.90 Å². The zero-order valence-corrected chi connectivity index (χ0v) is 15.1. The topological polar surface area (TPSA) is 79.4 Å². The molecule has 1 aromatic heterocycles. The van der Waals surface area contributed by atoms with E-state index in [1.165, 1.54) is 25.1 Å². The van der Waals surface area contributed by atoms with Crippen LogP contribution in [0.4, 0.5) is 4.39 Å². The first-order chi connectivity index (χ1) is 12.4. The van der Waals surface area contributed by atoms with E-state index in [0.717, 1.165) is 24.5 Å². The Morgan fingerprint density at radius 3 is 2.65 bits per heavy atom. The van der Waals surface area contributed by atoms with Gasteiger partial charge in [0, 0.05) is 18.9 Å². The summed E-state index contributed by atoms with van der Waals surface area (Å²) in [5.74, 6) is -1.18. The van der Waals surface area contributed by atoms with Crippen LogP contribution < -0.4 is 4.72 Å². The molecule has 8 heteroatoms. The van der Waals surface area contributed by atoms with Gasteiger partial charge in [-0.2, -0.15) is 4.72 Å². The van der Waals surface area contributed by atoms with Gasteiger partial charge in [0.1, 0.15) is 10.7 Å². The summed E-state index contributed by atoms with van der Waals surface area (Å²) in [4.78, 5) is 18.0. The number of pyridine rings is 1. The number of aromatic nitrogens is 1. The molecule has 1 N–H and O–H groups in total. The number of benzene rings is 1. The molecule has 3 rings (SSSR count). The Labute approximate surface area is 152 Å². The van der Waals surface area contributed by atoms with E-state index in [9.17, 15) is 17.6 Å². The first-order valence-corrected chi connectivity index (χ1v) is 9.86. The number of rotatable bonds is 5. The largest absolute Gasteiger partial charge is 0.334 e. The third-order valence-electron chi connectivity index (χ3n) is 4.46. The molecule has 1 saturated heterocycles. The number of amides is 1. The fourth-order valence-corrected chi connectivity index (χ4v) is 4.50. The van der Waals surface area contributed by atoms with Crippen LogP contribution in [0.1, 0.15) is 31.4 Å². The molecule has 0 bridgehead atoms. The zero-order chi connectivity index (χ0) is 18.7. The van der Waals surface area contributed by atoms with E-state index < -0.39 is 26.8 Å². The van der Waals surface area contributed by atoms with Crippen LogP contribution in [0.3, 0.4) is 0 Å². The van der Waals surface area contributed by atoms with Crippen molar-refractivity contribution in [1.82, 2.24) is 14.6 Å². The van der Waals surface area contributed by atoms with E-state index in [2.05, 4.69) is 9.71 Å². The molecule has 26 heavy (non-hydrogen) atoms. The number of nitrogens with zero attached hydrogens (tertiary/aromatic N) is 2. The molecular weight excluding hydrogens is 357 g/mol. The lowest BCUT2D eigenvalue weighted by Gasteiger charge is -2.28. The van der Waals surface area contributed by atoms with Crippen LogP contribution in [0, 0.1) is 5.82 Å². The number of carbonyl (C=O) groups excluding carboxylic acids is 1. The van der Waals surface area contributed by atoms with Crippen LogP contribution in [0.2, 0.25) is 0 Å². The summed E-state index contributed by atoms with van der Waals surface area (Å²) in [5.41, 5.74) is 0.968. The van der Waals surface area contributed by atoms with Gasteiger partial charge in [0.2, 0.25) is 15.9 Å². The Morgan fingerprint density at radius 1 is 1.27 bits per heavy atom. The molecule has 0 radical (unpaired) electrons.